The van der Waals surface area contributed by atoms with Gasteiger partial charge in [0.2, 0.25) is 5.28 Å². The van der Waals surface area contributed by atoms with Gasteiger partial charge < -0.3 is 15.0 Å². The average molecular weight is 406 g/mol. The van der Waals surface area contributed by atoms with Crippen LogP contribution in [0, 0.1) is 5.92 Å². The van der Waals surface area contributed by atoms with Crippen molar-refractivity contribution < 1.29 is 9.53 Å². The van der Waals surface area contributed by atoms with Crippen molar-refractivity contribution in [3.8, 4) is 0 Å². The Balaban J connectivity index is 1.89. The van der Waals surface area contributed by atoms with Crippen LogP contribution in [0.5, 0.6) is 0 Å². The molecule has 1 N–H and O–H groups in total. The highest BCUT2D eigenvalue weighted by Gasteiger charge is 2.27. The number of hydrogen-bond donors (Lipinski definition) is 1. The number of nitrogens with one attached hydrogen (secondary N) is 1. The molecule has 0 bridgehead atoms. The Bertz CT molecular complexity index is 565. The first-order valence-electron chi connectivity index (χ1n) is 7.64. The number of carbonyl (C=O) groups excluding carboxylic acids is 1. The zero-order chi connectivity index (χ0) is 17.0. The van der Waals surface area contributed by atoms with Crippen LogP contribution >= 0.6 is 27.5 Å². The molecule has 1 aromatic rings. The van der Waals surface area contributed by atoms with E-state index in [4.69, 9.17) is 16.3 Å². The van der Waals surface area contributed by atoms with Crippen LogP contribution in [0.3, 0.4) is 0 Å². The lowest BCUT2D eigenvalue weighted by atomic mass is 9.98. The Morgan fingerprint density at radius 2 is 2.30 bits per heavy atom. The first-order chi connectivity index (χ1) is 10.7. The van der Waals surface area contributed by atoms with E-state index < -0.39 is 5.60 Å². The lowest BCUT2D eigenvalue weighted by molar-refractivity contribution is 0.0172. The zero-order valence-electron chi connectivity index (χ0n) is 13.6. The molecule has 1 unspecified atom stereocenters. The molecule has 1 aliphatic rings. The second-order valence-corrected chi connectivity index (χ2v) is 7.84. The third kappa shape index (κ3) is 5.80. The minimum atomic E-state index is -0.467. The first kappa shape index (κ1) is 18.3. The fourth-order valence-corrected chi connectivity index (χ4v) is 2.90. The smallest absolute Gasteiger partial charge is 0.410 e. The quantitative estimate of drug-likeness (QED) is 0.771. The van der Waals surface area contributed by atoms with Gasteiger partial charge in [-0.3, -0.25) is 0 Å². The highest BCUT2D eigenvalue weighted by atomic mass is 79.9. The van der Waals surface area contributed by atoms with Crippen molar-refractivity contribution in [3.63, 3.8) is 0 Å². The molecule has 0 aliphatic carbocycles. The van der Waals surface area contributed by atoms with E-state index in [1.165, 1.54) is 0 Å². The van der Waals surface area contributed by atoms with Gasteiger partial charge in [-0.15, -0.1) is 0 Å². The number of rotatable bonds is 3. The number of amides is 1. The highest BCUT2D eigenvalue weighted by molar-refractivity contribution is 9.10. The predicted molar refractivity (Wildman–Crippen MR) is 93.8 cm³/mol. The Hall–Kier alpha value is -1.08. The molecule has 1 atom stereocenters. The van der Waals surface area contributed by atoms with Crippen molar-refractivity contribution in [1.82, 2.24) is 14.9 Å². The van der Waals surface area contributed by atoms with Crippen LogP contribution in [0.15, 0.2) is 10.7 Å². The molecule has 1 saturated heterocycles. The van der Waals surface area contributed by atoms with E-state index in [9.17, 15) is 4.79 Å². The molecular formula is C15H22BrClN4O2. The lowest BCUT2D eigenvalue weighted by Crippen LogP contribution is -2.44. The molecule has 1 aromatic heterocycles. The van der Waals surface area contributed by atoms with E-state index in [-0.39, 0.29) is 11.4 Å². The van der Waals surface area contributed by atoms with E-state index in [0.717, 1.165) is 23.9 Å². The standard InChI is InChI=1S/C15H22BrClN4O2/c1-15(2,3)23-14(22)21-6-4-5-10(9-21)7-18-12-11(16)8-19-13(17)20-12/h8,10H,4-7,9H2,1-3H3,(H,18,19,20). The number of hydrogen-bond acceptors (Lipinski definition) is 5. The van der Waals surface area contributed by atoms with Gasteiger partial charge in [0, 0.05) is 25.8 Å². The van der Waals surface area contributed by atoms with Crippen LogP contribution in [0.25, 0.3) is 0 Å². The van der Waals surface area contributed by atoms with E-state index >= 15 is 0 Å². The highest BCUT2D eigenvalue weighted by Crippen LogP contribution is 2.23. The van der Waals surface area contributed by atoms with Gasteiger partial charge in [0.1, 0.15) is 11.4 Å². The number of ether oxygens (including phenoxy) is 1. The molecule has 1 fully saturated rings. The minimum Gasteiger partial charge on any atom is -0.444 e. The van der Waals surface area contributed by atoms with Gasteiger partial charge in [-0.1, -0.05) is 0 Å². The largest absolute Gasteiger partial charge is 0.444 e. The Kier molecular flexibility index (Phi) is 6.08. The van der Waals surface area contributed by atoms with E-state index in [0.29, 0.717) is 24.8 Å². The molecule has 1 amide bonds. The normalized spacial score (nSPS) is 18.7. The summed E-state index contributed by atoms with van der Waals surface area (Å²) in [5.74, 6) is 1.01. The molecule has 8 heteroatoms. The predicted octanol–water partition coefficient (Wildman–Crippen LogP) is 3.95. The second-order valence-electron chi connectivity index (χ2n) is 6.65. The maximum atomic E-state index is 12.2. The summed E-state index contributed by atoms with van der Waals surface area (Å²) >= 11 is 9.20. The number of halogens is 2. The van der Waals surface area contributed by atoms with Crippen LogP contribution in [0.1, 0.15) is 33.6 Å². The van der Waals surface area contributed by atoms with Gasteiger partial charge in [0.15, 0.2) is 0 Å². The fourth-order valence-electron chi connectivity index (χ4n) is 2.43. The summed E-state index contributed by atoms with van der Waals surface area (Å²) in [5.41, 5.74) is -0.467. The molecule has 23 heavy (non-hydrogen) atoms. The molecule has 0 radical (unpaired) electrons. The number of likely N-dealkylation sites (tertiary alicyclic amines) is 1. The van der Waals surface area contributed by atoms with Gasteiger partial charge in [-0.2, -0.15) is 4.98 Å². The van der Waals surface area contributed by atoms with Crippen molar-refractivity contribution >= 4 is 39.4 Å². The van der Waals surface area contributed by atoms with Crippen molar-refractivity contribution in [2.24, 2.45) is 5.92 Å². The maximum Gasteiger partial charge on any atom is 0.410 e. The molecule has 0 saturated carbocycles. The van der Waals surface area contributed by atoms with Crippen LogP contribution in [0.4, 0.5) is 10.6 Å². The van der Waals surface area contributed by atoms with Gasteiger partial charge in [-0.05, 0) is 67.1 Å². The molecule has 2 heterocycles. The number of aromatic nitrogens is 2. The lowest BCUT2D eigenvalue weighted by Gasteiger charge is -2.34. The van der Waals surface area contributed by atoms with Gasteiger partial charge >= 0.3 is 6.09 Å². The zero-order valence-corrected chi connectivity index (χ0v) is 15.9. The minimum absolute atomic E-state index is 0.203. The third-order valence-electron chi connectivity index (χ3n) is 3.44. The van der Waals surface area contributed by atoms with Crippen LogP contribution < -0.4 is 5.32 Å². The number of carbonyl (C=O) groups is 1. The van der Waals surface area contributed by atoms with Crippen molar-refractivity contribution in [2.75, 3.05) is 25.0 Å². The van der Waals surface area contributed by atoms with Crippen molar-refractivity contribution in [3.05, 3.63) is 16.0 Å². The fraction of sp³-hybridized carbons (Fsp3) is 0.667. The summed E-state index contributed by atoms with van der Waals surface area (Å²) in [4.78, 5) is 22.0. The third-order valence-corrected chi connectivity index (χ3v) is 4.21. The van der Waals surface area contributed by atoms with Gasteiger partial charge in [0.05, 0.1) is 4.47 Å². The average Bonchev–Trinajstić information content (AvgIpc) is 2.47. The summed E-state index contributed by atoms with van der Waals surface area (Å²) in [6, 6.07) is 0. The summed E-state index contributed by atoms with van der Waals surface area (Å²) in [6.45, 7) is 7.77. The van der Waals surface area contributed by atoms with Gasteiger partial charge in [-0.25, -0.2) is 9.78 Å². The van der Waals surface area contributed by atoms with E-state index in [1.807, 2.05) is 20.8 Å². The Morgan fingerprint density at radius 1 is 1.57 bits per heavy atom. The summed E-state index contributed by atoms with van der Waals surface area (Å²) < 4.78 is 6.21. The second kappa shape index (κ2) is 7.66. The monoisotopic (exact) mass is 404 g/mol. The number of piperidine rings is 1. The number of anilines is 1. The molecule has 0 aromatic carbocycles. The first-order valence-corrected chi connectivity index (χ1v) is 8.81. The van der Waals surface area contributed by atoms with Crippen molar-refractivity contribution in [2.45, 2.75) is 39.2 Å². The molecule has 0 spiro atoms. The maximum absolute atomic E-state index is 12.2. The Morgan fingerprint density at radius 3 is 3.00 bits per heavy atom. The van der Waals surface area contributed by atoms with Gasteiger partial charge in [0.25, 0.3) is 0 Å². The molecule has 6 nitrogen and oxygen atoms in total. The molecule has 128 valence electrons. The van der Waals surface area contributed by atoms with Crippen LogP contribution in [-0.4, -0.2) is 46.2 Å². The van der Waals surface area contributed by atoms with Crippen LogP contribution in [-0.2, 0) is 4.74 Å². The molecule has 1 aliphatic heterocycles. The number of nitrogens with zero attached hydrogens (tertiary/aromatic N) is 3. The van der Waals surface area contributed by atoms with Crippen LogP contribution in [0.2, 0.25) is 5.28 Å². The van der Waals surface area contributed by atoms with E-state index in [2.05, 4.69) is 31.2 Å². The van der Waals surface area contributed by atoms with Crippen molar-refractivity contribution in [1.29, 1.82) is 0 Å². The molecule has 2 rings (SSSR count). The summed E-state index contributed by atoms with van der Waals surface area (Å²) in [7, 11) is 0. The Labute approximate surface area is 150 Å². The van der Waals surface area contributed by atoms with E-state index in [1.54, 1.807) is 11.1 Å². The summed E-state index contributed by atoms with van der Waals surface area (Å²) in [5, 5.41) is 3.47. The topological polar surface area (TPSA) is 67.3 Å². The molecular weight excluding hydrogens is 384 g/mol. The summed E-state index contributed by atoms with van der Waals surface area (Å²) in [6.07, 6.45) is 3.40. The SMILES string of the molecule is CC(C)(C)OC(=O)N1CCCC(CNc2nc(Cl)ncc2Br)C1.